The average Bonchev–Trinajstić information content (AvgIpc) is 2.70. The van der Waals surface area contributed by atoms with Crippen molar-refractivity contribution in [3.63, 3.8) is 0 Å². The summed E-state index contributed by atoms with van der Waals surface area (Å²) in [6, 6.07) is 8.38. The first-order chi connectivity index (χ1) is 9.58. The third kappa shape index (κ3) is 2.87. The maximum Gasteiger partial charge on any atom is 0.130 e. The zero-order valence-corrected chi connectivity index (χ0v) is 12.9. The van der Waals surface area contributed by atoms with Gasteiger partial charge in [-0.3, -0.25) is 16.0 Å². The second kappa shape index (κ2) is 6.39. The second-order valence-electron chi connectivity index (χ2n) is 4.95. The van der Waals surface area contributed by atoms with Crippen LogP contribution in [0.2, 0.25) is 5.15 Å². The molecule has 5 heteroatoms. The molecule has 0 radical (unpaired) electrons. The number of hydrogen-bond acceptors (Lipinski definition) is 3. The van der Waals surface area contributed by atoms with Crippen LogP contribution in [0.5, 0.6) is 0 Å². The SMILES string of the molecule is CCc1ccccc1C(Cc1c(C)nn(C)c1Cl)NN. The van der Waals surface area contributed by atoms with Crippen molar-refractivity contribution < 1.29 is 0 Å². The van der Waals surface area contributed by atoms with Crippen LogP contribution in [0.1, 0.15) is 35.3 Å². The molecule has 0 fully saturated rings. The van der Waals surface area contributed by atoms with Gasteiger partial charge in [0.15, 0.2) is 0 Å². The molecule has 1 aromatic heterocycles. The largest absolute Gasteiger partial charge is 0.271 e. The lowest BCUT2D eigenvalue weighted by molar-refractivity contribution is 0.546. The Morgan fingerprint density at radius 3 is 2.65 bits per heavy atom. The molecule has 4 nitrogen and oxygen atoms in total. The summed E-state index contributed by atoms with van der Waals surface area (Å²) in [5, 5.41) is 5.03. The minimum Gasteiger partial charge on any atom is -0.271 e. The van der Waals surface area contributed by atoms with Gasteiger partial charge in [-0.2, -0.15) is 5.10 Å². The Hall–Kier alpha value is -1.36. The van der Waals surface area contributed by atoms with Gasteiger partial charge in [-0.1, -0.05) is 42.8 Å². The Morgan fingerprint density at radius 1 is 1.40 bits per heavy atom. The molecule has 3 N–H and O–H groups in total. The van der Waals surface area contributed by atoms with E-state index in [-0.39, 0.29) is 6.04 Å². The quantitative estimate of drug-likeness (QED) is 0.658. The van der Waals surface area contributed by atoms with Crippen LogP contribution in [-0.4, -0.2) is 9.78 Å². The number of nitrogens with zero attached hydrogens (tertiary/aromatic N) is 2. The summed E-state index contributed by atoms with van der Waals surface area (Å²) in [5.41, 5.74) is 7.42. The zero-order valence-electron chi connectivity index (χ0n) is 12.2. The summed E-state index contributed by atoms with van der Waals surface area (Å²) in [6.45, 7) is 4.12. The van der Waals surface area contributed by atoms with Gasteiger partial charge in [0.05, 0.1) is 11.7 Å². The van der Waals surface area contributed by atoms with Gasteiger partial charge in [0.25, 0.3) is 0 Å². The highest BCUT2D eigenvalue weighted by molar-refractivity contribution is 6.30. The molecule has 1 unspecified atom stereocenters. The van der Waals surface area contributed by atoms with Gasteiger partial charge in [-0.05, 0) is 30.9 Å². The Kier molecular flexibility index (Phi) is 4.81. The van der Waals surface area contributed by atoms with Crippen LogP contribution in [0, 0.1) is 6.92 Å². The Morgan fingerprint density at radius 2 is 2.10 bits per heavy atom. The Bertz CT molecular complexity index is 592. The van der Waals surface area contributed by atoms with Crippen LogP contribution >= 0.6 is 11.6 Å². The number of aromatic nitrogens is 2. The first kappa shape index (κ1) is 15.0. The van der Waals surface area contributed by atoms with Gasteiger partial charge in [0.1, 0.15) is 5.15 Å². The molecule has 1 aromatic carbocycles. The van der Waals surface area contributed by atoms with Crippen molar-refractivity contribution >= 4 is 11.6 Å². The standard InChI is InChI=1S/C15H21ClN4/c1-4-11-7-5-6-8-12(11)14(18-17)9-13-10(2)19-20(3)15(13)16/h5-8,14,18H,4,9,17H2,1-3H3. The van der Waals surface area contributed by atoms with Crippen molar-refractivity contribution in [1.82, 2.24) is 15.2 Å². The molecule has 0 saturated heterocycles. The first-order valence-corrected chi connectivity index (χ1v) is 7.18. The van der Waals surface area contributed by atoms with E-state index in [1.807, 2.05) is 20.0 Å². The average molecular weight is 293 g/mol. The molecule has 0 spiro atoms. The molecule has 2 rings (SSSR count). The number of nitrogens with two attached hydrogens (primary N) is 1. The number of rotatable bonds is 5. The van der Waals surface area contributed by atoms with Crippen molar-refractivity contribution in [3.8, 4) is 0 Å². The Labute approximate surface area is 124 Å². The molecular formula is C15H21ClN4. The predicted molar refractivity (Wildman–Crippen MR) is 82.5 cm³/mol. The van der Waals surface area contributed by atoms with Crippen LogP contribution in [-0.2, 0) is 19.9 Å². The predicted octanol–water partition coefficient (Wildman–Crippen LogP) is 2.69. The molecule has 0 saturated carbocycles. The summed E-state index contributed by atoms with van der Waals surface area (Å²) in [4.78, 5) is 0. The topological polar surface area (TPSA) is 55.9 Å². The molecule has 0 amide bonds. The van der Waals surface area contributed by atoms with E-state index in [1.165, 1.54) is 11.1 Å². The minimum atomic E-state index is 0.0338. The molecule has 1 heterocycles. The molecule has 1 atom stereocenters. The zero-order chi connectivity index (χ0) is 14.7. The van der Waals surface area contributed by atoms with E-state index < -0.39 is 0 Å². The van der Waals surface area contributed by atoms with Crippen molar-refractivity contribution in [3.05, 3.63) is 51.8 Å². The van der Waals surface area contributed by atoms with E-state index in [0.29, 0.717) is 5.15 Å². The summed E-state index contributed by atoms with van der Waals surface area (Å²) in [7, 11) is 1.85. The molecule has 0 aliphatic heterocycles. The van der Waals surface area contributed by atoms with Gasteiger partial charge < -0.3 is 0 Å². The smallest absolute Gasteiger partial charge is 0.130 e. The fraction of sp³-hybridized carbons (Fsp3) is 0.400. The normalized spacial score (nSPS) is 12.7. The van der Waals surface area contributed by atoms with Crippen molar-refractivity contribution in [2.75, 3.05) is 0 Å². The summed E-state index contributed by atoms with van der Waals surface area (Å²) < 4.78 is 1.70. The van der Waals surface area contributed by atoms with E-state index in [2.05, 4.69) is 35.6 Å². The highest BCUT2D eigenvalue weighted by Gasteiger charge is 2.19. The van der Waals surface area contributed by atoms with Gasteiger partial charge >= 0.3 is 0 Å². The number of halogens is 1. The first-order valence-electron chi connectivity index (χ1n) is 6.80. The monoisotopic (exact) mass is 292 g/mol. The highest BCUT2D eigenvalue weighted by Crippen LogP contribution is 2.27. The minimum absolute atomic E-state index is 0.0338. The maximum atomic E-state index is 6.31. The van der Waals surface area contributed by atoms with Gasteiger partial charge in [-0.15, -0.1) is 0 Å². The van der Waals surface area contributed by atoms with Crippen molar-refractivity contribution in [1.29, 1.82) is 0 Å². The molecule has 20 heavy (non-hydrogen) atoms. The summed E-state index contributed by atoms with van der Waals surface area (Å²) >= 11 is 6.31. The lowest BCUT2D eigenvalue weighted by atomic mass is 9.94. The van der Waals surface area contributed by atoms with E-state index in [0.717, 1.165) is 24.1 Å². The maximum absolute atomic E-state index is 6.31. The van der Waals surface area contributed by atoms with E-state index in [9.17, 15) is 0 Å². The number of hydrazine groups is 1. The highest BCUT2D eigenvalue weighted by atomic mass is 35.5. The van der Waals surface area contributed by atoms with Crippen molar-refractivity contribution in [2.24, 2.45) is 12.9 Å². The summed E-state index contributed by atoms with van der Waals surface area (Å²) in [5.74, 6) is 5.76. The molecule has 0 aliphatic carbocycles. The molecule has 0 aliphatic rings. The molecular weight excluding hydrogens is 272 g/mol. The van der Waals surface area contributed by atoms with Gasteiger partial charge in [0, 0.05) is 12.6 Å². The third-order valence-corrected chi connectivity index (χ3v) is 4.16. The van der Waals surface area contributed by atoms with Crippen LogP contribution in [0.25, 0.3) is 0 Å². The van der Waals surface area contributed by atoms with Gasteiger partial charge in [-0.25, -0.2) is 0 Å². The molecule has 0 bridgehead atoms. The fourth-order valence-corrected chi connectivity index (χ4v) is 2.82. The van der Waals surface area contributed by atoms with Crippen LogP contribution < -0.4 is 11.3 Å². The Balaban J connectivity index is 2.34. The third-order valence-electron chi connectivity index (χ3n) is 3.69. The van der Waals surface area contributed by atoms with Crippen LogP contribution in [0.3, 0.4) is 0 Å². The van der Waals surface area contributed by atoms with Crippen LogP contribution in [0.4, 0.5) is 0 Å². The van der Waals surface area contributed by atoms with E-state index >= 15 is 0 Å². The second-order valence-corrected chi connectivity index (χ2v) is 5.31. The summed E-state index contributed by atoms with van der Waals surface area (Å²) in [6.07, 6.45) is 1.71. The number of hydrogen-bond donors (Lipinski definition) is 2. The van der Waals surface area contributed by atoms with Crippen molar-refractivity contribution in [2.45, 2.75) is 32.7 Å². The lowest BCUT2D eigenvalue weighted by Crippen LogP contribution is -2.30. The fourth-order valence-electron chi connectivity index (χ4n) is 2.56. The van der Waals surface area contributed by atoms with Gasteiger partial charge in [0.2, 0.25) is 0 Å². The van der Waals surface area contributed by atoms with Crippen LogP contribution in [0.15, 0.2) is 24.3 Å². The number of benzene rings is 1. The van der Waals surface area contributed by atoms with E-state index in [4.69, 9.17) is 17.4 Å². The lowest BCUT2D eigenvalue weighted by Gasteiger charge is -2.19. The molecule has 2 aromatic rings. The number of aryl methyl sites for hydroxylation is 3. The molecule has 108 valence electrons. The van der Waals surface area contributed by atoms with E-state index in [1.54, 1.807) is 4.68 Å². The number of nitrogens with one attached hydrogen (secondary N) is 1.